The zero-order chi connectivity index (χ0) is 14.0. The van der Waals surface area contributed by atoms with Gasteiger partial charge in [0.2, 0.25) is 0 Å². The molecule has 1 fully saturated rings. The molecule has 2 atom stereocenters. The smallest absolute Gasteiger partial charge is 0.160 e. The average molecular weight is 285 g/mol. The number of nitrogens with two attached hydrogens (primary N) is 1. The van der Waals surface area contributed by atoms with Crippen molar-refractivity contribution in [2.45, 2.75) is 30.5 Å². The van der Waals surface area contributed by atoms with Gasteiger partial charge in [0.1, 0.15) is 5.75 Å². The van der Waals surface area contributed by atoms with Crippen LogP contribution in [-0.4, -0.2) is 33.5 Å². The molecule has 2 rings (SSSR count). The Morgan fingerprint density at radius 1 is 1.47 bits per heavy atom. The first kappa shape index (κ1) is 14.1. The van der Waals surface area contributed by atoms with Gasteiger partial charge in [-0.25, -0.2) is 8.42 Å². The monoisotopic (exact) mass is 285 g/mol. The summed E-state index contributed by atoms with van der Waals surface area (Å²) in [6, 6.07) is 5.03. The second kappa shape index (κ2) is 5.38. The van der Waals surface area contributed by atoms with Gasteiger partial charge in [0, 0.05) is 17.9 Å². The van der Waals surface area contributed by atoms with Crippen LogP contribution >= 0.6 is 0 Å². The number of methoxy groups -OCH3 is 1. The van der Waals surface area contributed by atoms with Gasteiger partial charge in [-0.2, -0.15) is 0 Å². The average Bonchev–Trinajstić information content (AvgIpc) is 2.76. The maximum absolute atomic E-state index is 12.4. The molecule has 5 nitrogen and oxygen atoms in total. The molecule has 1 aliphatic heterocycles. The molecule has 106 valence electrons. The Hall–Kier alpha value is -1.27. The highest BCUT2D eigenvalue weighted by molar-refractivity contribution is 7.91. The standard InChI is InChI=1S/C13H19NO4S/c1-9-13(5-6-18-9)19(15,16)8-10-7-11(14)3-4-12(10)17-2/h3-4,7,9,13H,5-6,8,14H2,1-2H3. The fourth-order valence-corrected chi connectivity index (χ4v) is 4.41. The molecule has 6 heteroatoms. The van der Waals surface area contributed by atoms with Crippen LogP contribution in [0.25, 0.3) is 0 Å². The topological polar surface area (TPSA) is 78.6 Å². The van der Waals surface area contributed by atoms with Crippen LogP contribution in [0.4, 0.5) is 5.69 Å². The third-order valence-corrected chi connectivity index (χ3v) is 5.68. The fraction of sp³-hybridized carbons (Fsp3) is 0.538. The van der Waals surface area contributed by atoms with Crippen LogP contribution in [0.3, 0.4) is 0 Å². The van der Waals surface area contributed by atoms with E-state index in [0.29, 0.717) is 30.0 Å². The first-order valence-electron chi connectivity index (χ1n) is 6.19. The third kappa shape index (κ3) is 3.01. The predicted molar refractivity (Wildman–Crippen MR) is 73.8 cm³/mol. The Morgan fingerprint density at radius 3 is 2.79 bits per heavy atom. The quantitative estimate of drug-likeness (QED) is 0.845. The van der Waals surface area contributed by atoms with Gasteiger partial charge < -0.3 is 15.2 Å². The van der Waals surface area contributed by atoms with Crippen molar-refractivity contribution < 1.29 is 17.9 Å². The maximum Gasteiger partial charge on any atom is 0.160 e. The zero-order valence-electron chi connectivity index (χ0n) is 11.1. The Balaban J connectivity index is 2.27. The van der Waals surface area contributed by atoms with Gasteiger partial charge in [-0.3, -0.25) is 0 Å². The molecule has 2 unspecified atom stereocenters. The lowest BCUT2D eigenvalue weighted by atomic mass is 10.2. The lowest BCUT2D eigenvalue weighted by Gasteiger charge is -2.16. The lowest BCUT2D eigenvalue weighted by Crippen LogP contribution is -2.29. The van der Waals surface area contributed by atoms with Crippen LogP contribution in [0.2, 0.25) is 0 Å². The van der Waals surface area contributed by atoms with Crippen molar-refractivity contribution in [3.05, 3.63) is 23.8 Å². The van der Waals surface area contributed by atoms with Gasteiger partial charge >= 0.3 is 0 Å². The molecular weight excluding hydrogens is 266 g/mol. The number of nitrogen functional groups attached to an aromatic ring is 1. The largest absolute Gasteiger partial charge is 0.496 e. The van der Waals surface area contributed by atoms with E-state index in [0.717, 1.165) is 0 Å². The summed E-state index contributed by atoms with van der Waals surface area (Å²) >= 11 is 0. The summed E-state index contributed by atoms with van der Waals surface area (Å²) < 4.78 is 35.4. The first-order valence-corrected chi connectivity index (χ1v) is 7.91. The van der Waals surface area contributed by atoms with Gasteiger partial charge in [0.25, 0.3) is 0 Å². The Kier molecular flexibility index (Phi) is 4.01. The molecule has 2 N–H and O–H groups in total. The lowest BCUT2D eigenvalue weighted by molar-refractivity contribution is 0.126. The SMILES string of the molecule is COc1ccc(N)cc1CS(=O)(=O)C1CCOC1C. The normalized spacial score (nSPS) is 23.5. The van der Waals surface area contributed by atoms with Crippen molar-refractivity contribution in [1.29, 1.82) is 0 Å². The van der Waals surface area contributed by atoms with Crippen LogP contribution in [0.1, 0.15) is 18.9 Å². The van der Waals surface area contributed by atoms with Gasteiger partial charge in [-0.05, 0) is 31.5 Å². The number of anilines is 1. The van der Waals surface area contributed by atoms with E-state index in [1.165, 1.54) is 7.11 Å². The summed E-state index contributed by atoms with van der Waals surface area (Å²) in [6.07, 6.45) is 0.297. The van der Waals surface area contributed by atoms with Gasteiger partial charge in [0.15, 0.2) is 9.84 Å². The van der Waals surface area contributed by atoms with Crippen molar-refractivity contribution in [2.75, 3.05) is 19.5 Å². The van der Waals surface area contributed by atoms with E-state index in [9.17, 15) is 8.42 Å². The van der Waals surface area contributed by atoms with E-state index in [2.05, 4.69) is 0 Å². The predicted octanol–water partition coefficient (Wildman–Crippen LogP) is 1.37. The van der Waals surface area contributed by atoms with E-state index in [1.54, 1.807) is 25.1 Å². The zero-order valence-corrected chi connectivity index (χ0v) is 11.9. The molecule has 1 saturated heterocycles. The number of ether oxygens (including phenoxy) is 2. The summed E-state index contributed by atoms with van der Waals surface area (Å²) in [5.41, 5.74) is 6.83. The minimum atomic E-state index is -3.27. The van der Waals surface area contributed by atoms with E-state index in [-0.39, 0.29) is 11.9 Å². The van der Waals surface area contributed by atoms with Crippen molar-refractivity contribution in [3.63, 3.8) is 0 Å². The van der Waals surface area contributed by atoms with E-state index in [1.807, 2.05) is 0 Å². The summed E-state index contributed by atoms with van der Waals surface area (Å²) in [6.45, 7) is 2.30. The highest BCUT2D eigenvalue weighted by Gasteiger charge is 2.36. The van der Waals surface area contributed by atoms with Crippen LogP contribution in [0.15, 0.2) is 18.2 Å². The van der Waals surface area contributed by atoms with Gasteiger partial charge in [-0.1, -0.05) is 0 Å². The van der Waals surface area contributed by atoms with E-state index >= 15 is 0 Å². The summed E-state index contributed by atoms with van der Waals surface area (Å²) in [5, 5.41) is -0.446. The molecular formula is C13H19NO4S. The van der Waals surface area contributed by atoms with Crippen LogP contribution in [0.5, 0.6) is 5.75 Å². The van der Waals surface area contributed by atoms with Crippen molar-refractivity contribution >= 4 is 15.5 Å². The minimum Gasteiger partial charge on any atom is -0.496 e. The molecule has 1 aromatic carbocycles. The molecule has 0 bridgehead atoms. The first-order chi connectivity index (χ1) is 8.94. The number of sulfone groups is 1. The van der Waals surface area contributed by atoms with E-state index < -0.39 is 15.1 Å². The number of rotatable bonds is 4. The van der Waals surface area contributed by atoms with Gasteiger partial charge in [-0.15, -0.1) is 0 Å². The van der Waals surface area contributed by atoms with Crippen molar-refractivity contribution in [3.8, 4) is 5.75 Å². The third-order valence-electron chi connectivity index (χ3n) is 3.43. The fourth-order valence-electron chi connectivity index (χ4n) is 2.42. The molecule has 0 aromatic heterocycles. The van der Waals surface area contributed by atoms with Crippen LogP contribution in [0, 0.1) is 0 Å². The highest BCUT2D eigenvalue weighted by atomic mass is 32.2. The number of hydrogen-bond donors (Lipinski definition) is 1. The molecule has 0 aliphatic carbocycles. The van der Waals surface area contributed by atoms with Crippen molar-refractivity contribution in [1.82, 2.24) is 0 Å². The second-order valence-electron chi connectivity index (χ2n) is 4.78. The van der Waals surface area contributed by atoms with Gasteiger partial charge in [0.05, 0.1) is 24.2 Å². The number of benzene rings is 1. The van der Waals surface area contributed by atoms with Crippen molar-refractivity contribution in [2.24, 2.45) is 0 Å². The molecule has 0 saturated carbocycles. The molecule has 0 spiro atoms. The maximum atomic E-state index is 12.4. The summed E-state index contributed by atoms with van der Waals surface area (Å²) in [4.78, 5) is 0. The molecule has 0 radical (unpaired) electrons. The Labute approximate surface area is 113 Å². The summed E-state index contributed by atoms with van der Waals surface area (Å²) in [7, 11) is -1.76. The molecule has 0 amide bonds. The number of hydrogen-bond acceptors (Lipinski definition) is 5. The second-order valence-corrected chi connectivity index (χ2v) is 7.00. The van der Waals surface area contributed by atoms with Crippen LogP contribution in [-0.2, 0) is 20.3 Å². The molecule has 1 heterocycles. The summed E-state index contributed by atoms with van der Waals surface area (Å²) in [5.74, 6) is 0.476. The molecule has 1 aromatic rings. The molecule has 1 aliphatic rings. The van der Waals surface area contributed by atoms with Crippen LogP contribution < -0.4 is 10.5 Å². The minimum absolute atomic E-state index is 0.0699. The van der Waals surface area contributed by atoms with E-state index in [4.69, 9.17) is 15.2 Å². The Bertz CT molecular complexity index is 556. The molecule has 19 heavy (non-hydrogen) atoms. The highest BCUT2D eigenvalue weighted by Crippen LogP contribution is 2.28. The Morgan fingerprint density at radius 2 is 2.21 bits per heavy atom.